The summed E-state index contributed by atoms with van der Waals surface area (Å²) in [6.45, 7) is 3.98. The van der Waals surface area contributed by atoms with Crippen molar-refractivity contribution in [3.05, 3.63) is 33.1 Å². The van der Waals surface area contributed by atoms with Crippen molar-refractivity contribution in [3.8, 4) is 0 Å². The van der Waals surface area contributed by atoms with Gasteiger partial charge in [0.2, 0.25) is 11.8 Å². The van der Waals surface area contributed by atoms with E-state index in [1.807, 2.05) is 36.4 Å². The number of carbonyl (C=O) groups is 2. The predicted molar refractivity (Wildman–Crippen MR) is 88.4 cm³/mol. The number of aliphatic hydroxyl groups excluding tert-OH is 1. The third-order valence-electron chi connectivity index (χ3n) is 3.81. The average molecular weight is 419 g/mol. The largest absolute Gasteiger partial charge is 0.388 e. The summed E-state index contributed by atoms with van der Waals surface area (Å²) < 4.78 is 13.7. The van der Waals surface area contributed by atoms with Gasteiger partial charge in [0.1, 0.15) is 5.82 Å². The Bertz CT molecular complexity index is 583. The second kappa shape index (κ2) is 6.62. The van der Waals surface area contributed by atoms with E-state index in [1.54, 1.807) is 0 Å². The summed E-state index contributed by atoms with van der Waals surface area (Å²) in [5.41, 5.74) is 0.314. The lowest BCUT2D eigenvalue weighted by atomic mass is 9.81. The summed E-state index contributed by atoms with van der Waals surface area (Å²) in [7, 11) is 0. The first-order valence-corrected chi connectivity index (χ1v) is 8.24. The van der Waals surface area contributed by atoms with E-state index in [2.05, 4.69) is 0 Å². The molecule has 2 rings (SSSR count). The van der Waals surface area contributed by atoms with Gasteiger partial charge >= 0.3 is 0 Å². The lowest BCUT2D eigenvalue weighted by Crippen LogP contribution is -2.46. The number of likely N-dealkylation sites (tertiary alicyclic amines) is 1. The zero-order valence-electron chi connectivity index (χ0n) is 12.6. The van der Waals surface area contributed by atoms with Crippen molar-refractivity contribution in [3.63, 3.8) is 0 Å². The minimum absolute atomic E-state index is 0.183. The number of rotatable bonds is 4. The van der Waals surface area contributed by atoms with Gasteiger partial charge in [-0.2, -0.15) is 0 Å². The maximum Gasteiger partial charge on any atom is 0.229 e. The Kier molecular flexibility index (Phi) is 5.21. The van der Waals surface area contributed by atoms with Gasteiger partial charge < -0.3 is 5.11 Å². The van der Waals surface area contributed by atoms with Gasteiger partial charge in [0.05, 0.1) is 6.10 Å². The molecule has 0 spiro atoms. The van der Waals surface area contributed by atoms with E-state index in [-0.39, 0.29) is 36.0 Å². The number of hydrogen-bond acceptors (Lipinski definition) is 3. The van der Waals surface area contributed by atoms with Crippen LogP contribution in [0.2, 0.25) is 0 Å². The first-order chi connectivity index (χ1) is 10.2. The normalized spacial score (nSPS) is 19.4. The molecule has 0 radical (unpaired) electrons. The third-order valence-corrected chi connectivity index (χ3v) is 4.74. The van der Waals surface area contributed by atoms with Crippen molar-refractivity contribution in [1.29, 1.82) is 0 Å². The fraction of sp³-hybridized carbons (Fsp3) is 0.500. The molecule has 1 aromatic rings. The SMILES string of the molecule is CC1(C)CC(=O)N(CCC(O)c2ccc(F)cc2I)C(=O)C1. The zero-order valence-corrected chi connectivity index (χ0v) is 14.8. The van der Waals surface area contributed by atoms with Crippen LogP contribution in [-0.4, -0.2) is 28.4 Å². The van der Waals surface area contributed by atoms with E-state index in [0.29, 0.717) is 22.0 Å². The van der Waals surface area contributed by atoms with Gasteiger partial charge in [-0.1, -0.05) is 19.9 Å². The lowest BCUT2D eigenvalue weighted by Gasteiger charge is -2.35. The highest BCUT2D eigenvalue weighted by atomic mass is 127. The van der Waals surface area contributed by atoms with Crippen molar-refractivity contribution in [2.75, 3.05) is 6.54 Å². The molecule has 0 saturated carbocycles. The molecule has 0 aliphatic carbocycles. The molecule has 1 saturated heterocycles. The molecule has 1 atom stereocenters. The van der Waals surface area contributed by atoms with Gasteiger partial charge in [0, 0.05) is 23.0 Å². The molecule has 0 aromatic heterocycles. The van der Waals surface area contributed by atoms with Gasteiger partial charge in [0.25, 0.3) is 0 Å². The van der Waals surface area contributed by atoms with Crippen LogP contribution in [0, 0.1) is 14.8 Å². The van der Waals surface area contributed by atoms with E-state index in [9.17, 15) is 19.1 Å². The molecule has 0 bridgehead atoms. The number of imide groups is 1. The predicted octanol–water partition coefficient (Wildman–Crippen LogP) is 3.03. The average Bonchev–Trinajstić information content (AvgIpc) is 2.35. The molecule has 1 heterocycles. The number of amides is 2. The highest BCUT2D eigenvalue weighted by molar-refractivity contribution is 14.1. The lowest BCUT2D eigenvalue weighted by molar-refractivity contribution is -0.152. The van der Waals surface area contributed by atoms with Crippen molar-refractivity contribution in [2.24, 2.45) is 5.41 Å². The van der Waals surface area contributed by atoms with E-state index < -0.39 is 6.10 Å². The Hall–Kier alpha value is -1.02. The van der Waals surface area contributed by atoms with Gasteiger partial charge in [0.15, 0.2) is 0 Å². The highest BCUT2D eigenvalue weighted by Gasteiger charge is 2.37. The molecule has 120 valence electrons. The number of piperidine rings is 1. The zero-order chi connectivity index (χ0) is 16.5. The molecule has 1 aromatic carbocycles. The number of hydrogen-bond donors (Lipinski definition) is 1. The van der Waals surface area contributed by atoms with Crippen LogP contribution < -0.4 is 0 Å². The summed E-state index contributed by atoms with van der Waals surface area (Å²) in [5, 5.41) is 10.2. The van der Waals surface area contributed by atoms with E-state index in [0.717, 1.165) is 0 Å². The number of nitrogens with zero attached hydrogens (tertiary/aromatic N) is 1. The van der Waals surface area contributed by atoms with Crippen LogP contribution >= 0.6 is 22.6 Å². The molecular formula is C16H19FINO3. The molecular weight excluding hydrogens is 400 g/mol. The molecule has 1 fully saturated rings. The summed E-state index contributed by atoms with van der Waals surface area (Å²) >= 11 is 1.96. The van der Waals surface area contributed by atoms with Gasteiger partial charge in [-0.3, -0.25) is 14.5 Å². The van der Waals surface area contributed by atoms with Crippen molar-refractivity contribution in [1.82, 2.24) is 4.90 Å². The monoisotopic (exact) mass is 419 g/mol. The fourth-order valence-electron chi connectivity index (χ4n) is 2.64. The van der Waals surface area contributed by atoms with E-state index >= 15 is 0 Å². The van der Waals surface area contributed by atoms with Crippen LogP contribution in [0.15, 0.2) is 18.2 Å². The highest BCUT2D eigenvalue weighted by Crippen LogP contribution is 2.32. The number of aliphatic hydroxyl groups is 1. The molecule has 1 unspecified atom stereocenters. The minimum Gasteiger partial charge on any atom is -0.388 e. The van der Waals surface area contributed by atoms with Crippen LogP contribution in [0.3, 0.4) is 0 Å². The van der Waals surface area contributed by atoms with E-state index in [1.165, 1.54) is 23.1 Å². The van der Waals surface area contributed by atoms with Crippen LogP contribution in [0.25, 0.3) is 0 Å². The Labute approximate surface area is 142 Å². The third kappa shape index (κ3) is 4.04. The van der Waals surface area contributed by atoms with Crippen LogP contribution in [0.1, 0.15) is 44.8 Å². The minimum atomic E-state index is -0.831. The summed E-state index contributed by atoms with van der Waals surface area (Å²) in [4.78, 5) is 25.3. The maximum absolute atomic E-state index is 13.1. The van der Waals surface area contributed by atoms with Crippen LogP contribution in [0.5, 0.6) is 0 Å². The maximum atomic E-state index is 13.1. The van der Waals surface area contributed by atoms with E-state index in [4.69, 9.17) is 0 Å². The number of halogens is 2. The number of benzene rings is 1. The molecule has 22 heavy (non-hydrogen) atoms. The molecule has 1 aliphatic heterocycles. The molecule has 6 heteroatoms. The van der Waals surface area contributed by atoms with Gasteiger partial charge in [-0.15, -0.1) is 0 Å². The Morgan fingerprint density at radius 3 is 2.45 bits per heavy atom. The number of carbonyl (C=O) groups excluding carboxylic acids is 2. The second-order valence-electron chi connectivity index (χ2n) is 6.43. The first-order valence-electron chi connectivity index (χ1n) is 7.16. The molecule has 2 amide bonds. The quantitative estimate of drug-likeness (QED) is 0.603. The van der Waals surface area contributed by atoms with Crippen molar-refractivity contribution in [2.45, 2.75) is 39.2 Å². The fourth-order valence-corrected chi connectivity index (χ4v) is 3.48. The molecule has 4 nitrogen and oxygen atoms in total. The first kappa shape index (κ1) is 17.3. The summed E-state index contributed by atoms with van der Waals surface area (Å²) in [5.74, 6) is -0.742. The van der Waals surface area contributed by atoms with Gasteiger partial charge in [-0.25, -0.2) is 4.39 Å². The summed E-state index contributed by atoms with van der Waals surface area (Å²) in [6.07, 6.45) is 0.0915. The Balaban J connectivity index is 2.00. The standard InChI is InChI=1S/C16H19FINO3/c1-16(2)8-14(21)19(15(22)9-16)6-5-13(20)11-4-3-10(17)7-12(11)18/h3-4,7,13,20H,5-6,8-9H2,1-2H3. The Morgan fingerprint density at radius 1 is 1.32 bits per heavy atom. The molecule has 1 N–H and O–H groups in total. The second-order valence-corrected chi connectivity index (χ2v) is 7.59. The van der Waals surface area contributed by atoms with Crippen molar-refractivity contribution >= 4 is 34.4 Å². The van der Waals surface area contributed by atoms with Crippen LogP contribution in [-0.2, 0) is 9.59 Å². The smallest absolute Gasteiger partial charge is 0.229 e. The topological polar surface area (TPSA) is 57.6 Å². The van der Waals surface area contributed by atoms with Crippen molar-refractivity contribution < 1.29 is 19.1 Å². The van der Waals surface area contributed by atoms with Crippen LogP contribution in [0.4, 0.5) is 4.39 Å². The molecule has 1 aliphatic rings. The Morgan fingerprint density at radius 2 is 1.91 bits per heavy atom. The summed E-state index contributed by atoms with van der Waals surface area (Å²) in [6, 6.07) is 4.17. The van der Waals surface area contributed by atoms with Gasteiger partial charge in [-0.05, 0) is 52.1 Å².